The monoisotopic (exact) mass is 216 g/mol. The van der Waals surface area contributed by atoms with Gasteiger partial charge in [0.2, 0.25) is 0 Å². The second-order valence-corrected chi connectivity index (χ2v) is 5.15. The zero-order chi connectivity index (χ0) is 10.8. The molecule has 1 aliphatic heterocycles. The number of nitrogens with zero attached hydrogens (tertiary/aromatic N) is 1. The van der Waals surface area contributed by atoms with Gasteiger partial charge in [0.25, 0.3) is 0 Å². The lowest BCUT2D eigenvalue weighted by atomic mass is 10.2. The van der Waals surface area contributed by atoms with Crippen LogP contribution < -0.4 is 5.32 Å². The lowest BCUT2D eigenvalue weighted by Crippen LogP contribution is -2.33. The van der Waals surface area contributed by atoms with E-state index in [0.717, 1.165) is 18.6 Å². The third kappa shape index (κ3) is 2.63. The highest BCUT2D eigenvalue weighted by Gasteiger charge is 2.28. The summed E-state index contributed by atoms with van der Waals surface area (Å²) in [5.41, 5.74) is 1.44. The SMILES string of the molecule is c1ccc(CN2CC[C@@H](NC3CC3)C2)cc1. The Hall–Kier alpha value is -0.860. The van der Waals surface area contributed by atoms with Crippen LogP contribution in [0, 0.1) is 0 Å². The van der Waals surface area contributed by atoms with Gasteiger partial charge in [-0.3, -0.25) is 4.90 Å². The van der Waals surface area contributed by atoms with E-state index in [4.69, 9.17) is 0 Å². The van der Waals surface area contributed by atoms with Gasteiger partial charge in [-0.2, -0.15) is 0 Å². The minimum Gasteiger partial charge on any atom is -0.310 e. The van der Waals surface area contributed by atoms with Crippen LogP contribution in [0.2, 0.25) is 0 Å². The highest BCUT2D eigenvalue weighted by atomic mass is 15.2. The Morgan fingerprint density at radius 1 is 1.06 bits per heavy atom. The van der Waals surface area contributed by atoms with Gasteiger partial charge in [-0.1, -0.05) is 30.3 Å². The van der Waals surface area contributed by atoms with E-state index < -0.39 is 0 Å². The Kier molecular flexibility index (Phi) is 2.94. The number of benzene rings is 1. The number of nitrogens with one attached hydrogen (secondary N) is 1. The van der Waals surface area contributed by atoms with Gasteiger partial charge in [-0.25, -0.2) is 0 Å². The largest absolute Gasteiger partial charge is 0.310 e. The Labute approximate surface area is 97.6 Å². The summed E-state index contributed by atoms with van der Waals surface area (Å²) >= 11 is 0. The van der Waals surface area contributed by atoms with Crippen molar-refractivity contribution in [2.75, 3.05) is 13.1 Å². The third-order valence-electron chi connectivity index (χ3n) is 3.57. The molecule has 1 heterocycles. The molecule has 1 aromatic carbocycles. The molecule has 0 radical (unpaired) electrons. The average molecular weight is 216 g/mol. The van der Waals surface area contributed by atoms with Crippen LogP contribution >= 0.6 is 0 Å². The molecule has 16 heavy (non-hydrogen) atoms. The molecule has 1 aliphatic carbocycles. The zero-order valence-electron chi connectivity index (χ0n) is 9.73. The van der Waals surface area contributed by atoms with Crippen LogP contribution in [-0.4, -0.2) is 30.1 Å². The molecule has 2 fully saturated rings. The molecule has 1 atom stereocenters. The molecule has 2 heteroatoms. The van der Waals surface area contributed by atoms with Gasteiger partial charge in [-0.05, 0) is 24.8 Å². The van der Waals surface area contributed by atoms with Gasteiger partial charge in [0.05, 0.1) is 0 Å². The second kappa shape index (κ2) is 4.56. The maximum absolute atomic E-state index is 3.73. The van der Waals surface area contributed by atoms with E-state index in [9.17, 15) is 0 Å². The number of likely N-dealkylation sites (tertiary alicyclic amines) is 1. The predicted molar refractivity (Wildman–Crippen MR) is 66.3 cm³/mol. The predicted octanol–water partition coefficient (Wildman–Crippen LogP) is 2.01. The minimum atomic E-state index is 0.746. The summed E-state index contributed by atoms with van der Waals surface area (Å²) in [5, 5.41) is 3.73. The van der Waals surface area contributed by atoms with E-state index in [-0.39, 0.29) is 0 Å². The molecule has 0 aromatic heterocycles. The molecule has 1 saturated heterocycles. The Bertz CT molecular complexity index is 332. The van der Waals surface area contributed by atoms with Gasteiger partial charge in [0.15, 0.2) is 0 Å². The number of hydrogen-bond donors (Lipinski definition) is 1. The Balaban J connectivity index is 1.49. The van der Waals surface area contributed by atoms with E-state index in [2.05, 4.69) is 40.5 Å². The first kappa shape index (κ1) is 10.3. The van der Waals surface area contributed by atoms with E-state index in [1.807, 2.05) is 0 Å². The van der Waals surface area contributed by atoms with Crippen LogP contribution in [0.15, 0.2) is 30.3 Å². The minimum absolute atomic E-state index is 0.746. The fourth-order valence-electron chi connectivity index (χ4n) is 2.54. The fraction of sp³-hybridized carbons (Fsp3) is 0.571. The van der Waals surface area contributed by atoms with E-state index >= 15 is 0 Å². The third-order valence-corrected chi connectivity index (χ3v) is 3.57. The van der Waals surface area contributed by atoms with Crippen LogP contribution in [-0.2, 0) is 6.54 Å². The van der Waals surface area contributed by atoms with Crippen molar-refractivity contribution in [2.45, 2.75) is 37.9 Å². The molecule has 3 rings (SSSR count). The van der Waals surface area contributed by atoms with Crippen molar-refractivity contribution in [3.63, 3.8) is 0 Å². The van der Waals surface area contributed by atoms with Crippen molar-refractivity contribution in [3.8, 4) is 0 Å². The first-order chi connectivity index (χ1) is 7.90. The van der Waals surface area contributed by atoms with Crippen LogP contribution in [0.5, 0.6) is 0 Å². The standard InChI is InChI=1S/C14H20N2/c1-2-4-12(5-3-1)10-16-9-8-14(11-16)15-13-6-7-13/h1-5,13-15H,6-11H2/t14-/m1/s1. The second-order valence-electron chi connectivity index (χ2n) is 5.15. The first-order valence-corrected chi connectivity index (χ1v) is 6.42. The van der Waals surface area contributed by atoms with Crippen molar-refractivity contribution in [1.82, 2.24) is 10.2 Å². The molecule has 2 aliphatic rings. The lowest BCUT2D eigenvalue weighted by Gasteiger charge is -2.16. The Morgan fingerprint density at radius 2 is 1.88 bits per heavy atom. The van der Waals surface area contributed by atoms with E-state index in [0.29, 0.717) is 0 Å². The summed E-state index contributed by atoms with van der Waals surface area (Å²) in [7, 11) is 0. The van der Waals surface area contributed by atoms with Crippen molar-refractivity contribution in [2.24, 2.45) is 0 Å². The van der Waals surface area contributed by atoms with Crippen molar-refractivity contribution in [3.05, 3.63) is 35.9 Å². The number of hydrogen-bond acceptors (Lipinski definition) is 2. The average Bonchev–Trinajstić information content (AvgIpc) is 3.01. The molecule has 86 valence electrons. The summed E-state index contributed by atoms with van der Waals surface area (Å²) in [6.45, 7) is 3.59. The van der Waals surface area contributed by atoms with Gasteiger partial charge in [0.1, 0.15) is 0 Å². The first-order valence-electron chi connectivity index (χ1n) is 6.42. The molecule has 0 amide bonds. The highest BCUT2D eigenvalue weighted by Crippen LogP contribution is 2.22. The summed E-state index contributed by atoms with van der Waals surface area (Å²) in [4.78, 5) is 2.56. The normalized spacial score (nSPS) is 26.1. The van der Waals surface area contributed by atoms with Crippen molar-refractivity contribution >= 4 is 0 Å². The molecular formula is C14H20N2. The van der Waals surface area contributed by atoms with Crippen LogP contribution in [0.1, 0.15) is 24.8 Å². The van der Waals surface area contributed by atoms with Crippen LogP contribution in [0.25, 0.3) is 0 Å². The molecule has 2 nitrogen and oxygen atoms in total. The quantitative estimate of drug-likeness (QED) is 0.828. The summed E-state index contributed by atoms with van der Waals surface area (Å²) in [5.74, 6) is 0. The molecule has 1 N–H and O–H groups in total. The van der Waals surface area contributed by atoms with Gasteiger partial charge in [0, 0.05) is 31.7 Å². The fourth-order valence-corrected chi connectivity index (χ4v) is 2.54. The van der Waals surface area contributed by atoms with Crippen molar-refractivity contribution in [1.29, 1.82) is 0 Å². The molecule has 0 bridgehead atoms. The highest BCUT2D eigenvalue weighted by molar-refractivity contribution is 5.14. The smallest absolute Gasteiger partial charge is 0.0234 e. The van der Waals surface area contributed by atoms with Crippen LogP contribution in [0.4, 0.5) is 0 Å². The summed E-state index contributed by atoms with van der Waals surface area (Å²) < 4.78 is 0. The molecule has 1 aromatic rings. The molecular weight excluding hydrogens is 196 g/mol. The van der Waals surface area contributed by atoms with Crippen molar-refractivity contribution < 1.29 is 0 Å². The van der Waals surface area contributed by atoms with Gasteiger partial charge < -0.3 is 5.32 Å². The maximum atomic E-state index is 3.73. The van der Waals surface area contributed by atoms with E-state index in [1.165, 1.54) is 37.9 Å². The van der Waals surface area contributed by atoms with E-state index in [1.54, 1.807) is 0 Å². The molecule has 1 saturated carbocycles. The molecule has 0 unspecified atom stereocenters. The van der Waals surface area contributed by atoms with Crippen LogP contribution in [0.3, 0.4) is 0 Å². The molecule has 0 spiro atoms. The lowest BCUT2D eigenvalue weighted by molar-refractivity contribution is 0.320. The summed E-state index contributed by atoms with van der Waals surface area (Å²) in [6.07, 6.45) is 4.12. The number of rotatable bonds is 4. The Morgan fingerprint density at radius 3 is 2.62 bits per heavy atom. The van der Waals surface area contributed by atoms with Gasteiger partial charge >= 0.3 is 0 Å². The zero-order valence-corrected chi connectivity index (χ0v) is 9.73. The maximum Gasteiger partial charge on any atom is 0.0234 e. The summed E-state index contributed by atoms with van der Waals surface area (Å²) in [6, 6.07) is 12.4. The topological polar surface area (TPSA) is 15.3 Å². The van der Waals surface area contributed by atoms with Gasteiger partial charge in [-0.15, -0.1) is 0 Å².